The highest BCUT2D eigenvalue weighted by atomic mass is 16.5. The van der Waals surface area contributed by atoms with Crippen LogP contribution in [-0.4, -0.2) is 32.2 Å². The van der Waals surface area contributed by atoms with Gasteiger partial charge in [-0.2, -0.15) is 0 Å². The second kappa shape index (κ2) is 5.83. The molecule has 0 saturated carbocycles. The summed E-state index contributed by atoms with van der Waals surface area (Å²) in [6, 6.07) is 5.29. The molecule has 0 N–H and O–H groups in total. The molecule has 1 heterocycles. The summed E-state index contributed by atoms with van der Waals surface area (Å²) < 4.78 is 16.2. The first-order chi connectivity index (χ1) is 9.49. The van der Waals surface area contributed by atoms with Gasteiger partial charge in [0.05, 0.1) is 32.3 Å². The van der Waals surface area contributed by atoms with Crippen LogP contribution in [0, 0.1) is 11.8 Å². The Bertz CT molecular complexity index is 497. The van der Waals surface area contributed by atoms with Crippen molar-refractivity contribution in [2.45, 2.75) is 33.0 Å². The van der Waals surface area contributed by atoms with E-state index in [4.69, 9.17) is 14.2 Å². The van der Waals surface area contributed by atoms with Crippen molar-refractivity contribution in [3.8, 4) is 11.5 Å². The highest BCUT2D eigenvalue weighted by molar-refractivity contribution is 5.99. The molecule has 0 spiro atoms. The van der Waals surface area contributed by atoms with Gasteiger partial charge in [0, 0.05) is 5.56 Å². The molecule has 0 amide bonds. The van der Waals surface area contributed by atoms with Gasteiger partial charge < -0.3 is 14.2 Å². The molecule has 20 heavy (non-hydrogen) atoms. The molecule has 4 unspecified atom stereocenters. The van der Waals surface area contributed by atoms with Crippen LogP contribution in [0.15, 0.2) is 18.2 Å². The highest BCUT2D eigenvalue weighted by Crippen LogP contribution is 2.36. The zero-order chi connectivity index (χ0) is 14.9. The van der Waals surface area contributed by atoms with Crippen LogP contribution in [0.3, 0.4) is 0 Å². The topological polar surface area (TPSA) is 44.8 Å². The number of Topliss-reactive ketones (excluding diaryl/α,β-unsaturated/α-hetero) is 1. The molecule has 0 radical (unpaired) electrons. The van der Waals surface area contributed by atoms with Crippen LogP contribution in [-0.2, 0) is 4.74 Å². The number of hydrogen-bond acceptors (Lipinski definition) is 4. The quantitative estimate of drug-likeness (QED) is 0.794. The Morgan fingerprint density at radius 3 is 2.20 bits per heavy atom. The van der Waals surface area contributed by atoms with Gasteiger partial charge in [0.1, 0.15) is 0 Å². The fourth-order valence-electron chi connectivity index (χ4n) is 2.90. The molecule has 4 heteroatoms. The maximum Gasteiger partial charge on any atom is 0.169 e. The lowest BCUT2D eigenvalue weighted by Gasteiger charge is -2.18. The predicted octanol–water partition coefficient (Wildman–Crippen LogP) is 2.95. The number of methoxy groups -OCH3 is 2. The normalized spacial score (nSPS) is 29.2. The second-order valence-corrected chi connectivity index (χ2v) is 5.37. The molecule has 0 bridgehead atoms. The van der Waals surface area contributed by atoms with Gasteiger partial charge in [-0.15, -0.1) is 0 Å². The molecule has 4 nitrogen and oxygen atoms in total. The SMILES string of the molecule is COc1ccc(C(=O)C2C(C)OC(C)C2C)cc1OC. The van der Waals surface area contributed by atoms with Gasteiger partial charge in [-0.3, -0.25) is 4.79 Å². The fraction of sp³-hybridized carbons (Fsp3) is 0.562. The third-order valence-corrected chi connectivity index (χ3v) is 4.21. The van der Waals surface area contributed by atoms with Gasteiger partial charge in [-0.1, -0.05) is 6.92 Å². The lowest BCUT2D eigenvalue weighted by molar-refractivity contribution is 0.0491. The second-order valence-electron chi connectivity index (χ2n) is 5.37. The van der Waals surface area contributed by atoms with E-state index in [2.05, 4.69) is 6.92 Å². The van der Waals surface area contributed by atoms with Crippen molar-refractivity contribution in [1.82, 2.24) is 0 Å². The molecule has 0 aliphatic carbocycles. The first-order valence-corrected chi connectivity index (χ1v) is 6.91. The Labute approximate surface area is 120 Å². The minimum atomic E-state index is -0.108. The van der Waals surface area contributed by atoms with Gasteiger partial charge >= 0.3 is 0 Å². The molecule has 110 valence electrons. The van der Waals surface area contributed by atoms with Gasteiger partial charge in [0.15, 0.2) is 17.3 Å². The van der Waals surface area contributed by atoms with Gasteiger partial charge in [0.2, 0.25) is 0 Å². The maximum atomic E-state index is 12.7. The van der Waals surface area contributed by atoms with Crippen molar-refractivity contribution >= 4 is 5.78 Å². The summed E-state index contributed by atoms with van der Waals surface area (Å²) in [5.41, 5.74) is 0.643. The summed E-state index contributed by atoms with van der Waals surface area (Å²) in [6.07, 6.45) is 0.0553. The average molecular weight is 278 g/mol. The fourth-order valence-corrected chi connectivity index (χ4v) is 2.90. The van der Waals surface area contributed by atoms with E-state index in [0.29, 0.717) is 17.1 Å². The number of carbonyl (C=O) groups is 1. The first-order valence-electron chi connectivity index (χ1n) is 6.91. The van der Waals surface area contributed by atoms with Crippen molar-refractivity contribution < 1.29 is 19.0 Å². The number of carbonyl (C=O) groups excluding carboxylic acids is 1. The van der Waals surface area contributed by atoms with E-state index in [1.54, 1.807) is 32.4 Å². The van der Waals surface area contributed by atoms with Crippen LogP contribution < -0.4 is 9.47 Å². The molecule has 4 atom stereocenters. The molecule has 1 aliphatic heterocycles. The van der Waals surface area contributed by atoms with Crippen molar-refractivity contribution in [3.63, 3.8) is 0 Å². The molecular formula is C16H22O4. The molecule has 1 aromatic rings. The maximum absolute atomic E-state index is 12.7. The average Bonchev–Trinajstić information content (AvgIpc) is 2.70. The van der Waals surface area contributed by atoms with Crippen LogP contribution in [0.2, 0.25) is 0 Å². The highest BCUT2D eigenvalue weighted by Gasteiger charge is 2.41. The zero-order valence-corrected chi connectivity index (χ0v) is 12.7. The molecule has 1 fully saturated rings. The number of hydrogen-bond donors (Lipinski definition) is 0. The van der Waals surface area contributed by atoms with Crippen molar-refractivity contribution in [1.29, 1.82) is 0 Å². The largest absolute Gasteiger partial charge is 0.493 e. The zero-order valence-electron chi connectivity index (χ0n) is 12.7. The number of benzene rings is 1. The minimum absolute atomic E-state index is 0.0550. The minimum Gasteiger partial charge on any atom is -0.493 e. The van der Waals surface area contributed by atoms with Gasteiger partial charge in [-0.05, 0) is 38.0 Å². The summed E-state index contributed by atoms with van der Waals surface area (Å²) in [5.74, 6) is 1.41. The van der Waals surface area contributed by atoms with Crippen LogP contribution in [0.5, 0.6) is 11.5 Å². The molecule has 2 rings (SSSR count). The summed E-state index contributed by atoms with van der Waals surface area (Å²) in [4.78, 5) is 12.7. The smallest absolute Gasteiger partial charge is 0.169 e. The standard InChI is InChI=1S/C16H22O4/c1-9-10(2)20-11(3)15(9)16(17)12-6-7-13(18-4)14(8-12)19-5/h6-11,15H,1-5H3. The van der Waals surface area contributed by atoms with E-state index < -0.39 is 0 Å². The summed E-state index contributed by atoms with van der Waals surface area (Å²) in [5, 5.41) is 0. The van der Waals surface area contributed by atoms with Crippen molar-refractivity contribution in [3.05, 3.63) is 23.8 Å². The Hall–Kier alpha value is -1.55. The lowest BCUT2D eigenvalue weighted by atomic mass is 9.83. The monoisotopic (exact) mass is 278 g/mol. The third-order valence-electron chi connectivity index (χ3n) is 4.21. The Balaban J connectivity index is 2.29. The lowest BCUT2D eigenvalue weighted by Crippen LogP contribution is -2.26. The number of ketones is 1. The van der Waals surface area contributed by atoms with E-state index in [1.807, 2.05) is 13.8 Å². The van der Waals surface area contributed by atoms with Crippen LogP contribution in [0.1, 0.15) is 31.1 Å². The van der Waals surface area contributed by atoms with Gasteiger partial charge in [-0.25, -0.2) is 0 Å². The molecular weight excluding hydrogens is 256 g/mol. The van der Waals surface area contributed by atoms with E-state index >= 15 is 0 Å². The Morgan fingerprint density at radius 1 is 1.05 bits per heavy atom. The van der Waals surface area contributed by atoms with E-state index in [-0.39, 0.29) is 29.8 Å². The summed E-state index contributed by atoms with van der Waals surface area (Å²) in [6.45, 7) is 6.05. The van der Waals surface area contributed by atoms with Crippen LogP contribution in [0.25, 0.3) is 0 Å². The van der Waals surface area contributed by atoms with Crippen molar-refractivity contribution in [2.75, 3.05) is 14.2 Å². The van der Waals surface area contributed by atoms with E-state index in [0.717, 1.165) is 0 Å². The Kier molecular flexibility index (Phi) is 4.33. The molecule has 1 aliphatic rings. The molecule has 1 saturated heterocycles. The summed E-state index contributed by atoms with van der Waals surface area (Å²) in [7, 11) is 3.15. The summed E-state index contributed by atoms with van der Waals surface area (Å²) >= 11 is 0. The molecule has 0 aromatic heterocycles. The van der Waals surface area contributed by atoms with Crippen molar-refractivity contribution in [2.24, 2.45) is 11.8 Å². The van der Waals surface area contributed by atoms with Crippen LogP contribution >= 0.6 is 0 Å². The van der Waals surface area contributed by atoms with Gasteiger partial charge in [0.25, 0.3) is 0 Å². The van der Waals surface area contributed by atoms with Crippen LogP contribution in [0.4, 0.5) is 0 Å². The number of ether oxygens (including phenoxy) is 3. The Morgan fingerprint density at radius 2 is 1.70 bits per heavy atom. The predicted molar refractivity (Wildman–Crippen MR) is 76.5 cm³/mol. The number of rotatable bonds is 4. The first kappa shape index (κ1) is 14.9. The third kappa shape index (κ3) is 2.52. The molecule has 1 aromatic carbocycles. The van der Waals surface area contributed by atoms with E-state index in [9.17, 15) is 4.79 Å². The van der Waals surface area contributed by atoms with E-state index in [1.165, 1.54) is 0 Å².